The van der Waals surface area contributed by atoms with E-state index in [1.165, 1.54) is 23.9 Å². The smallest absolute Gasteiger partial charge is 0.269 e. The molecule has 1 N–H and O–H groups in total. The number of amidine groups is 1. The first kappa shape index (κ1) is 19.6. The van der Waals surface area contributed by atoms with Crippen molar-refractivity contribution in [2.45, 2.75) is 13.8 Å². The molecule has 0 radical (unpaired) electrons. The van der Waals surface area contributed by atoms with Crippen molar-refractivity contribution in [1.82, 2.24) is 5.32 Å². The Balaban J connectivity index is 1.74. The third-order valence-corrected chi connectivity index (χ3v) is 5.17. The van der Waals surface area contributed by atoms with Gasteiger partial charge in [-0.25, -0.2) is 4.99 Å². The molecule has 2 aromatic rings. The van der Waals surface area contributed by atoms with Crippen molar-refractivity contribution in [3.63, 3.8) is 0 Å². The van der Waals surface area contributed by atoms with Crippen molar-refractivity contribution in [2.75, 3.05) is 18.0 Å². The SMILES string of the molecule is CCN(CC)c1ccc(/C=C2\SC(=Nc3ccc([N+](=O)[O-])cc3)NC2=O)cc1. The molecule has 0 spiro atoms. The van der Waals surface area contributed by atoms with Gasteiger partial charge >= 0.3 is 0 Å². The van der Waals surface area contributed by atoms with E-state index in [1.54, 1.807) is 12.1 Å². The highest BCUT2D eigenvalue weighted by Gasteiger charge is 2.23. The van der Waals surface area contributed by atoms with E-state index in [0.717, 1.165) is 24.3 Å². The molecule has 1 saturated heterocycles. The van der Waals surface area contributed by atoms with E-state index in [-0.39, 0.29) is 11.6 Å². The van der Waals surface area contributed by atoms with Crippen molar-refractivity contribution in [2.24, 2.45) is 4.99 Å². The minimum atomic E-state index is -0.463. The molecule has 1 aliphatic heterocycles. The van der Waals surface area contributed by atoms with Crippen LogP contribution in [0.4, 0.5) is 17.1 Å². The lowest BCUT2D eigenvalue weighted by molar-refractivity contribution is -0.384. The van der Waals surface area contributed by atoms with Crippen LogP contribution in [0.2, 0.25) is 0 Å². The van der Waals surface area contributed by atoms with Crippen LogP contribution < -0.4 is 10.2 Å². The summed E-state index contributed by atoms with van der Waals surface area (Å²) in [6.45, 7) is 6.12. The molecule has 0 atom stereocenters. The van der Waals surface area contributed by atoms with Gasteiger partial charge in [0, 0.05) is 30.9 Å². The molecule has 0 aromatic heterocycles. The van der Waals surface area contributed by atoms with Crippen LogP contribution in [0.15, 0.2) is 58.4 Å². The first-order valence-corrected chi connectivity index (χ1v) is 9.71. The lowest BCUT2D eigenvalue weighted by Gasteiger charge is -2.20. The fourth-order valence-electron chi connectivity index (χ4n) is 2.77. The highest BCUT2D eigenvalue weighted by Crippen LogP contribution is 2.29. The number of rotatable bonds is 6. The van der Waals surface area contributed by atoms with Gasteiger partial charge in [-0.2, -0.15) is 0 Å². The molecule has 1 amide bonds. The molecule has 0 bridgehead atoms. The Morgan fingerprint density at radius 2 is 1.75 bits per heavy atom. The second-order valence-electron chi connectivity index (χ2n) is 6.02. The Bertz CT molecular complexity index is 933. The Labute approximate surface area is 167 Å². The number of non-ortho nitro benzene ring substituents is 1. The average Bonchev–Trinajstić information content (AvgIpc) is 3.03. The summed E-state index contributed by atoms with van der Waals surface area (Å²) in [6.07, 6.45) is 1.82. The number of hydrogen-bond donors (Lipinski definition) is 1. The molecular formula is C20H20N4O3S. The van der Waals surface area contributed by atoms with Crippen molar-refractivity contribution >= 4 is 46.0 Å². The van der Waals surface area contributed by atoms with E-state index in [9.17, 15) is 14.9 Å². The Hall–Kier alpha value is -3.13. The van der Waals surface area contributed by atoms with Gasteiger partial charge in [0.25, 0.3) is 11.6 Å². The summed E-state index contributed by atoms with van der Waals surface area (Å²) in [7, 11) is 0. The number of thioether (sulfide) groups is 1. The van der Waals surface area contributed by atoms with E-state index >= 15 is 0 Å². The predicted octanol–water partition coefficient (Wildman–Crippen LogP) is 4.33. The van der Waals surface area contributed by atoms with Gasteiger partial charge in [0.05, 0.1) is 15.5 Å². The number of hydrogen-bond acceptors (Lipinski definition) is 6. The summed E-state index contributed by atoms with van der Waals surface area (Å²) in [4.78, 5) is 29.6. The van der Waals surface area contributed by atoms with Gasteiger partial charge in [0.15, 0.2) is 5.17 Å². The van der Waals surface area contributed by atoms with Crippen LogP contribution in [0, 0.1) is 10.1 Å². The molecule has 0 unspecified atom stereocenters. The topological polar surface area (TPSA) is 87.8 Å². The summed E-state index contributed by atoms with van der Waals surface area (Å²) in [5.74, 6) is -0.210. The maximum absolute atomic E-state index is 12.2. The molecule has 2 aromatic carbocycles. The minimum absolute atomic E-state index is 0.000744. The lowest BCUT2D eigenvalue weighted by Crippen LogP contribution is -2.21. The van der Waals surface area contributed by atoms with Crippen LogP contribution in [0.1, 0.15) is 19.4 Å². The number of carbonyl (C=O) groups excluding carboxylic acids is 1. The second-order valence-corrected chi connectivity index (χ2v) is 7.05. The van der Waals surface area contributed by atoms with E-state index in [2.05, 4.69) is 29.1 Å². The van der Waals surface area contributed by atoms with Crippen molar-refractivity contribution < 1.29 is 9.72 Å². The maximum Gasteiger partial charge on any atom is 0.269 e. The van der Waals surface area contributed by atoms with E-state index in [0.29, 0.717) is 15.8 Å². The third-order valence-electron chi connectivity index (χ3n) is 4.26. The zero-order chi connectivity index (χ0) is 20.1. The van der Waals surface area contributed by atoms with Gasteiger partial charge in [0.1, 0.15) is 0 Å². The number of carbonyl (C=O) groups is 1. The minimum Gasteiger partial charge on any atom is -0.372 e. The van der Waals surface area contributed by atoms with Crippen molar-refractivity contribution in [3.8, 4) is 0 Å². The first-order valence-electron chi connectivity index (χ1n) is 8.89. The van der Waals surface area contributed by atoms with Crippen LogP contribution in [-0.2, 0) is 4.79 Å². The molecular weight excluding hydrogens is 376 g/mol. The van der Waals surface area contributed by atoms with Gasteiger partial charge in [-0.05, 0) is 61.5 Å². The highest BCUT2D eigenvalue weighted by molar-refractivity contribution is 8.18. The number of nitrogens with zero attached hydrogens (tertiary/aromatic N) is 3. The van der Waals surface area contributed by atoms with E-state index in [1.807, 2.05) is 30.3 Å². The second kappa shape index (κ2) is 8.71. The molecule has 1 fully saturated rings. The van der Waals surface area contributed by atoms with E-state index < -0.39 is 4.92 Å². The van der Waals surface area contributed by atoms with Crippen molar-refractivity contribution in [1.29, 1.82) is 0 Å². The molecule has 144 valence electrons. The van der Waals surface area contributed by atoms with Crippen LogP contribution in [0.3, 0.4) is 0 Å². The molecule has 8 heteroatoms. The van der Waals surface area contributed by atoms with Gasteiger partial charge in [-0.15, -0.1) is 0 Å². The fourth-order valence-corrected chi connectivity index (χ4v) is 3.61. The number of anilines is 1. The Kier molecular flexibility index (Phi) is 6.10. The van der Waals surface area contributed by atoms with Gasteiger partial charge in [0.2, 0.25) is 0 Å². The highest BCUT2D eigenvalue weighted by atomic mass is 32.2. The molecule has 7 nitrogen and oxygen atoms in total. The fraction of sp³-hybridized carbons (Fsp3) is 0.200. The Morgan fingerprint density at radius 3 is 2.32 bits per heavy atom. The van der Waals surface area contributed by atoms with Gasteiger partial charge < -0.3 is 10.2 Å². The summed E-state index contributed by atoms with van der Waals surface area (Å²) >= 11 is 1.24. The first-order chi connectivity index (χ1) is 13.5. The summed E-state index contributed by atoms with van der Waals surface area (Å²) < 4.78 is 0. The number of amides is 1. The quantitative estimate of drug-likeness (QED) is 0.446. The van der Waals surface area contributed by atoms with Crippen LogP contribution in [-0.4, -0.2) is 29.1 Å². The van der Waals surface area contributed by atoms with Crippen molar-refractivity contribution in [3.05, 3.63) is 69.1 Å². The number of aliphatic imine (C=N–C) groups is 1. The van der Waals surface area contributed by atoms with Crippen LogP contribution in [0.25, 0.3) is 6.08 Å². The molecule has 0 saturated carbocycles. The maximum atomic E-state index is 12.2. The summed E-state index contributed by atoms with van der Waals surface area (Å²) in [5.41, 5.74) is 2.63. The normalized spacial score (nSPS) is 16.4. The Morgan fingerprint density at radius 1 is 1.11 bits per heavy atom. The lowest BCUT2D eigenvalue weighted by atomic mass is 10.2. The molecule has 1 aliphatic rings. The van der Waals surface area contributed by atoms with E-state index in [4.69, 9.17) is 0 Å². The average molecular weight is 396 g/mol. The van der Waals surface area contributed by atoms with Gasteiger partial charge in [-0.1, -0.05) is 12.1 Å². The number of nitro groups is 1. The number of nitro benzene ring substituents is 1. The number of benzene rings is 2. The van der Waals surface area contributed by atoms with Gasteiger partial charge in [-0.3, -0.25) is 14.9 Å². The molecule has 28 heavy (non-hydrogen) atoms. The predicted molar refractivity (Wildman–Crippen MR) is 114 cm³/mol. The molecule has 3 rings (SSSR count). The number of nitrogens with one attached hydrogen (secondary N) is 1. The zero-order valence-electron chi connectivity index (χ0n) is 15.6. The zero-order valence-corrected chi connectivity index (χ0v) is 16.4. The standard InChI is InChI=1S/C20H20N4O3S/c1-3-23(4-2)16-9-5-14(6-10-16)13-18-19(25)22-20(28-18)21-15-7-11-17(12-8-15)24(26)27/h5-13H,3-4H2,1-2H3,(H,21,22,25)/b18-13-. The van der Waals surface area contributed by atoms with Crippen LogP contribution in [0.5, 0.6) is 0 Å². The molecule has 1 heterocycles. The largest absolute Gasteiger partial charge is 0.372 e. The third kappa shape index (κ3) is 4.58. The molecule has 0 aliphatic carbocycles. The van der Waals surface area contributed by atoms with Crippen LogP contribution >= 0.6 is 11.8 Å². The summed E-state index contributed by atoms with van der Waals surface area (Å²) in [5, 5.41) is 13.9. The monoisotopic (exact) mass is 396 g/mol. The summed E-state index contributed by atoms with van der Waals surface area (Å²) in [6, 6.07) is 13.9.